The van der Waals surface area contributed by atoms with Crippen LogP contribution in [0.2, 0.25) is 0 Å². The average Bonchev–Trinajstić information content (AvgIpc) is 2.80. The van der Waals surface area contributed by atoms with E-state index >= 15 is 0 Å². The Balaban J connectivity index is 0. The van der Waals surface area contributed by atoms with Gasteiger partial charge in [0.15, 0.2) is 0 Å². The number of rotatable bonds is 29. The van der Waals surface area contributed by atoms with Gasteiger partial charge >= 0.3 is 37.7 Å². The van der Waals surface area contributed by atoms with Crippen LogP contribution in [-0.2, 0) is 10.1 Å². The van der Waals surface area contributed by atoms with Gasteiger partial charge in [0.2, 0.25) is 0 Å². The van der Waals surface area contributed by atoms with Crippen LogP contribution in [0.1, 0.15) is 187 Å². The molecule has 3 nitrogen and oxygen atoms in total. The molecule has 0 saturated carbocycles. The van der Waals surface area contributed by atoms with Gasteiger partial charge in [-0.2, -0.15) is 8.42 Å². The van der Waals surface area contributed by atoms with Crippen molar-refractivity contribution in [1.82, 2.24) is 0 Å². The fourth-order valence-electron chi connectivity index (χ4n) is 4.95. The zero-order valence-electron chi connectivity index (χ0n) is 23.2. The Bertz CT molecular complexity index is 482. The van der Waals surface area contributed by atoms with Crippen LogP contribution in [0, 0.1) is 0 Å². The standard InChI is InChI=1S/C30H62O3S.Ca.2H/c1-2-3-4-5-6-7-8-9-10-11-12-13-14-15-16-17-18-19-20-21-22-23-24-25-26-27-28-29-30-34(31,32)33;;;/h2-30H2,1H3,(H,31,32,33);;;. The van der Waals surface area contributed by atoms with Crippen LogP contribution in [-0.4, -0.2) is 56.5 Å². The zero-order chi connectivity index (χ0) is 25.0. The molecule has 0 radical (unpaired) electrons. The SMILES string of the molecule is CCCCCCCCCCCCCCCCCCCCCCCCCCCCCCS(=O)(=O)O.[CaH2]. The van der Waals surface area contributed by atoms with Crippen LogP contribution in [0.15, 0.2) is 0 Å². The molecule has 0 bridgehead atoms. The van der Waals surface area contributed by atoms with E-state index in [1.807, 2.05) is 0 Å². The van der Waals surface area contributed by atoms with Crippen molar-refractivity contribution in [1.29, 1.82) is 0 Å². The van der Waals surface area contributed by atoms with E-state index in [2.05, 4.69) is 6.92 Å². The van der Waals surface area contributed by atoms with Crippen LogP contribution in [0.4, 0.5) is 0 Å². The molecule has 0 aromatic heterocycles. The second kappa shape index (κ2) is 31.4. The molecule has 1 N–H and O–H groups in total. The van der Waals surface area contributed by atoms with Gasteiger partial charge in [-0.15, -0.1) is 0 Å². The predicted octanol–water partition coefficient (Wildman–Crippen LogP) is 9.90. The van der Waals surface area contributed by atoms with Gasteiger partial charge in [-0.3, -0.25) is 4.55 Å². The summed E-state index contributed by atoms with van der Waals surface area (Å²) in [5.74, 6) is -0.0769. The molecule has 0 atom stereocenters. The van der Waals surface area contributed by atoms with Gasteiger partial charge in [-0.1, -0.05) is 180 Å². The summed E-state index contributed by atoms with van der Waals surface area (Å²) in [5.41, 5.74) is 0. The van der Waals surface area contributed by atoms with Crippen LogP contribution >= 0.6 is 0 Å². The molecule has 0 aliphatic heterocycles. The molecule has 0 aliphatic rings. The van der Waals surface area contributed by atoms with E-state index in [4.69, 9.17) is 4.55 Å². The van der Waals surface area contributed by atoms with E-state index in [0.29, 0.717) is 6.42 Å². The van der Waals surface area contributed by atoms with Gasteiger partial charge in [0, 0.05) is 0 Å². The molecule has 0 heterocycles. The van der Waals surface area contributed by atoms with Gasteiger partial charge in [0.1, 0.15) is 0 Å². The molecule has 0 aromatic carbocycles. The molecule has 0 aromatic rings. The fraction of sp³-hybridized carbons (Fsp3) is 1.00. The van der Waals surface area contributed by atoms with Crippen molar-refractivity contribution < 1.29 is 13.0 Å². The summed E-state index contributed by atoms with van der Waals surface area (Å²) in [7, 11) is -3.75. The van der Waals surface area contributed by atoms with Crippen molar-refractivity contribution >= 4 is 47.9 Å². The third kappa shape index (κ3) is 37.4. The molecule has 0 amide bonds. The summed E-state index contributed by atoms with van der Waals surface area (Å²) < 4.78 is 30.0. The second-order valence-corrected chi connectivity index (χ2v) is 12.4. The first-order valence-electron chi connectivity index (χ1n) is 15.5. The summed E-state index contributed by atoms with van der Waals surface area (Å²) >= 11 is 0. The Morgan fingerprint density at radius 2 is 0.543 bits per heavy atom. The monoisotopic (exact) mass is 544 g/mol. The summed E-state index contributed by atoms with van der Waals surface area (Å²) in [6.07, 6.45) is 38.0. The number of unbranched alkanes of at least 4 members (excludes halogenated alkanes) is 27. The average molecular weight is 545 g/mol. The third-order valence-electron chi connectivity index (χ3n) is 7.26. The van der Waals surface area contributed by atoms with Crippen LogP contribution in [0.3, 0.4) is 0 Å². The quantitative estimate of drug-likeness (QED) is 0.0579. The van der Waals surface area contributed by atoms with E-state index in [0.717, 1.165) is 12.8 Å². The van der Waals surface area contributed by atoms with E-state index < -0.39 is 10.1 Å². The molecule has 0 rings (SSSR count). The first kappa shape index (κ1) is 38.3. The summed E-state index contributed by atoms with van der Waals surface area (Å²) in [6.45, 7) is 2.29. The Labute approximate surface area is 251 Å². The van der Waals surface area contributed by atoms with Crippen molar-refractivity contribution in [3.8, 4) is 0 Å². The van der Waals surface area contributed by atoms with Gasteiger partial charge in [0.25, 0.3) is 10.1 Å². The van der Waals surface area contributed by atoms with Crippen molar-refractivity contribution in [3.05, 3.63) is 0 Å². The van der Waals surface area contributed by atoms with Crippen LogP contribution < -0.4 is 0 Å². The van der Waals surface area contributed by atoms with E-state index in [1.54, 1.807) is 0 Å². The molecular weight excluding hydrogens is 480 g/mol. The maximum absolute atomic E-state index is 10.6. The fourth-order valence-corrected chi connectivity index (χ4v) is 5.52. The molecule has 210 valence electrons. The molecule has 5 heteroatoms. The molecular formula is C30H64CaO3S. The topological polar surface area (TPSA) is 54.4 Å². The first-order valence-corrected chi connectivity index (χ1v) is 17.1. The Hall–Kier alpha value is 1.17. The number of hydrogen-bond acceptors (Lipinski definition) is 2. The van der Waals surface area contributed by atoms with E-state index in [1.165, 1.54) is 161 Å². The minimum atomic E-state index is -3.75. The van der Waals surface area contributed by atoms with Crippen molar-refractivity contribution in [2.75, 3.05) is 5.75 Å². The van der Waals surface area contributed by atoms with E-state index in [9.17, 15) is 8.42 Å². The Morgan fingerprint density at radius 3 is 0.714 bits per heavy atom. The predicted molar refractivity (Wildman–Crippen MR) is 160 cm³/mol. The molecule has 0 fully saturated rings. The molecule has 35 heavy (non-hydrogen) atoms. The van der Waals surface area contributed by atoms with Crippen LogP contribution in [0.5, 0.6) is 0 Å². The zero-order valence-corrected chi connectivity index (χ0v) is 24.0. The van der Waals surface area contributed by atoms with Crippen molar-refractivity contribution in [2.45, 2.75) is 187 Å². The summed E-state index contributed by atoms with van der Waals surface area (Å²) in [6, 6.07) is 0. The van der Waals surface area contributed by atoms with Crippen molar-refractivity contribution in [3.63, 3.8) is 0 Å². The first-order chi connectivity index (χ1) is 16.6. The van der Waals surface area contributed by atoms with E-state index in [-0.39, 0.29) is 43.5 Å². The normalized spacial score (nSPS) is 11.6. The Morgan fingerprint density at radius 1 is 0.371 bits per heavy atom. The third-order valence-corrected chi connectivity index (χ3v) is 8.06. The van der Waals surface area contributed by atoms with Gasteiger partial charge in [-0.05, 0) is 6.42 Å². The van der Waals surface area contributed by atoms with Gasteiger partial charge < -0.3 is 0 Å². The van der Waals surface area contributed by atoms with Gasteiger partial charge in [0.05, 0.1) is 5.75 Å². The molecule has 0 spiro atoms. The van der Waals surface area contributed by atoms with Crippen LogP contribution in [0.25, 0.3) is 0 Å². The van der Waals surface area contributed by atoms with Crippen molar-refractivity contribution in [2.24, 2.45) is 0 Å². The maximum atomic E-state index is 10.6. The summed E-state index contributed by atoms with van der Waals surface area (Å²) in [4.78, 5) is 0. The molecule has 0 saturated heterocycles. The molecule has 0 unspecified atom stereocenters. The number of hydrogen-bond donors (Lipinski definition) is 1. The second-order valence-electron chi connectivity index (χ2n) is 10.8. The Kier molecular flexibility index (Phi) is 34.4. The summed E-state index contributed by atoms with van der Waals surface area (Å²) in [5, 5.41) is 0. The molecule has 0 aliphatic carbocycles. The minimum absolute atomic E-state index is 0. The van der Waals surface area contributed by atoms with Gasteiger partial charge in [-0.25, -0.2) is 0 Å².